The molecule has 1 amide bonds. The number of nitrogens with zero attached hydrogens (tertiary/aromatic N) is 1. The fourth-order valence-corrected chi connectivity index (χ4v) is 6.31. The number of rotatable bonds is 7. The fourth-order valence-electron chi connectivity index (χ4n) is 6.31. The van der Waals surface area contributed by atoms with E-state index in [1.54, 1.807) is 0 Å². The summed E-state index contributed by atoms with van der Waals surface area (Å²) in [6.45, 7) is 6.34. The maximum absolute atomic E-state index is 13.6. The molecule has 1 N–H and O–H groups in total. The number of piperidine rings is 1. The smallest absolute Gasteiger partial charge is 0.235 e. The minimum atomic E-state index is -0.629. The summed E-state index contributed by atoms with van der Waals surface area (Å²) in [4.78, 5) is 16.3. The molecule has 1 saturated heterocycles. The molecule has 3 heteroatoms. The first kappa shape index (κ1) is 22.9. The van der Waals surface area contributed by atoms with Crippen molar-refractivity contribution in [2.45, 2.75) is 50.5 Å². The minimum absolute atomic E-state index is 0.147. The van der Waals surface area contributed by atoms with Crippen LogP contribution in [-0.4, -0.2) is 30.4 Å². The number of hydrogen-bond acceptors (Lipinski definition) is 2. The van der Waals surface area contributed by atoms with E-state index < -0.39 is 5.41 Å². The average molecular weight is 453 g/mol. The molecule has 3 nitrogen and oxygen atoms in total. The summed E-state index contributed by atoms with van der Waals surface area (Å²) < 4.78 is 0. The summed E-state index contributed by atoms with van der Waals surface area (Å²) in [7, 11) is 0. The molecule has 176 valence electrons. The van der Waals surface area contributed by atoms with E-state index in [2.05, 4.69) is 96.0 Å². The van der Waals surface area contributed by atoms with Crippen LogP contribution in [0.5, 0.6) is 0 Å². The predicted octanol–water partition coefficient (Wildman–Crippen LogP) is 5.90. The number of hydrogen-bond donors (Lipinski definition) is 1. The van der Waals surface area contributed by atoms with Crippen LogP contribution in [0, 0.1) is 5.92 Å². The molecule has 2 heterocycles. The van der Waals surface area contributed by atoms with Gasteiger partial charge in [-0.2, -0.15) is 0 Å². The maximum atomic E-state index is 13.6. The first-order valence-corrected chi connectivity index (χ1v) is 12.9. The molecular formula is C31H36N2O. The van der Waals surface area contributed by atoms with E-state index in [1.165, 1.54) is 42.6 Å². The van der Waals surface area contributed by atoms with E-state index in [0.29, 0.717) is 12.5 Å². The topological polar surface area (TPSA) is 32.3 Å². The predicted molar refractivity (Wildman–Crippen MR) is 139 cm³/mol. The van der Waals surface area contributed by atoms with Crippen LogP contribution in [0.3, 0.4) is 0 Å². The molecule has 34 heavy (non-hydrogen) atoms. The number of nitrogens with one attached hydrogen (secondary N) is 1. The molecule has 3 aromatic carbocycles. The van der Waals surface area contributed by atoms with Gasteiger partial charge in [-0.3, -0.25) is 4.79 Å². The van der Waals surface area contributed by atoms with Crippen LogP contribution in [0.1, 0.15) is 60.8 Å². The van der Waals surface area contributed by atoms with Gasteiger partial charge in [0, 0.05) is 6.54 Å². The molecule has 5 rings (SSSR count). The van der Waals surface area contributed by atoms with Crippen LogP contribution in [0.15, 0.2) is 84.9 Å². The van der Waals surface area contributed by atoms with Crippen molar-refractivity contribution in [2.75, 3.05) is 19.6 Å². The van der Waals surface area contributed by atoms with Gasteiger partial charge in [0.2, 0.25) is 5.91 Å². The van der Waals surface area contributed by atoms with Crippen molar-refractivity contribution < 1.29 is 4.79 Å². The van der Waals surface area contributed by atoms with Gasteiger partial charge in [-0.15, -0.1) is 0 Å². The molecule has 0 spiro atoms. The monoisotopic (exact) mass is 452 g/mol. The van der Waals surface area contributed by atoms with Gasteiger partial charge in [0.25, 0.3) is 0 Å². The van der Waals surface area contributed by atoms with E-state index in [4.69, 9.17) is 0 Å². The molecule has 0 saturated carbocycles. The van der Waals surface area contributed by atoms with Gasteiger partial charge in [-0.1, -0.05) is 91.9 Å². The van der Waals surface area contributed by atoms with Crippen molar-refractivity contribution in [1.82, 2.24) is 10.2 Å². The van der Waals surface area contributed by atoms with Crippen molar-refractivity contribution >= 4 is 5.91 Å². The highest BCUT2D eigenvalue weighted by molar-refractivity contribution is 5.94. The third-order valence-corrected chi connectivity index (χ3v) is 8.18. The Labute approximate surface area is 204 Å². The summed E-state index contributed by atoms with van der Waals surface area (Å²) in [6, 6.07) is 29.9. The molecule has 1 fully saturated rings. The number of likely N-dealkylation sites (tertiary alicyclic amines) is 1. The summed E-state index contributed by atoms with van der Waals surface area (Å²) in [6.07, 6.45) is 4.61. The Kier molecular flexibility index (Phi) is 6.82. The van der Waals surface area contributed by atoms with Gasteiger partial charge in [0.05, 0.1) is 0 Å². The first-order chi connectivity index (χ1) is 16.7. The number of fused-ring (bicyclic) bond motifs is 1. The van der Waals surface area contributed by atoms with Crippen molar-refractivity contribution in [3.8, 4) is 0 Å². The molecule has 2 unspecified atom stereocenters. The van der Waals surface area contributed by atoms with Gasteiger partial charge < -0.3 is 10.2 Å². The Hall–Kier alpha value is -2.91. The average Bonchev–Trinajstić information content (AvgIpc) is 2.90. The van der Waals surface area contributed by atoms with Crippen molar-refractivity contribution in [2.24, 2.45) is 5.92 Å². The lowest BCUT2D eigenvalue weighted by atomic mass is 9.62. The highest BCUT2D eigenvalue weighted by Crippen LogP contribution is 2.45. The van der Waals surface area contributed by atoms with E-state index in [-0.39, 0.29) is 11.8 Å². The second-order valence-electron chi connectivity index (χ2n) is 10.1. The number of benzene rings is 3. The maximum Gasteiger partial charge on any atom is 0.235 e. The Bertz CT molecular complexity index is 1090. The summed E-state index contributed by atoms with van der Waals surface area (Å²) >= 11 is 0. The van der Waals surface area contributed by atoms with Gasteiger partial charge >= 0.3 is 0 Å². The van der Waals surface area contributed by atoms with Crippen LogP contribution >= 0.6 is 0 Å². The Balaban J connectivity index is 1.28. The first-order valence-electron chi connectivity index (χ1n) is 12.9. The molecule has 2 aliphatic rings. The Morgan fingerprint density at radius 2 is 1.56 bits per heavy atom. The number of carbonyl (C=O) groups is 1. The zero-order valence-corrected chi connectivity index (χ0v) is 20.2. The lowest BCUT2D eigenvalue weighted by Gasteiger charge is -2.43. The highest BCUT2D eigenvalue weighted by Gasteiger charge is 2.49. The van der Waals surface area contributed by atoms with Crippen LogP contribution in [0.25, 0.3) is 0 Å². The third-order valence-electron chi connectivity index (χ3n) is 8.18. The molecule has 0 bridgehead atoms. The molecule has 2 atom stereocenters. The Morgan fingerprint density at radius 1 is 0.912 bits per heavy atom. The summed E-state index contributed by atoms with van der Waals surface area (Å²) in [5.41, 5.74) is 4.39. The van der Waals surface area contributed by atoms with Gasteiger partial charge in [-0.25, -0.2) is 0 Å². The third kappa shape index (κ3) is 4.30. The second kappa shape index (κ2) is 10.1. The highest BCUT2D eigenvalue weighted by atomic mass is 16.2. The van der Waals surface area contributed by atoms with Gasteiger partial charge in [0.1, 0.15) is 5.41 Å². The number of carbonyl (C=O) groups excluding carboxylic acids is 1. The molecule has 2 aliphatic heterocycles. The van der Waals surface area contributed by atoms with Crippen LogP contribution in [-0.2, 0) is 16.8 Å². The van der Waals surface area contributed by atoms with E-state index in [0.717, 1.165) is 24.9 Å². The zero-order valence-electron chi connectivity index (χ0n) is 20.2. The van der Waals surface area contributed by atoms with Crippen LogP contribution < -0.4 is 5.32 Å². The molecular weight excluding hydrogens is 416 g/mol. The molecule has 3 aromatic rings. The van der Waals surface area contributed by atoms with Crippen molar-refractivity contribution in [1.29, 1.82) is 0 Å². The summed E-state index contributed by atoms with van der Waals surface area (Å²) in [5.74, 6) is 1.05. The quantitative estimate of drug-likeness (QED) is 0.484. The second-order valence-corrected chi connectivity index (χ2v) is 10.1. The SMILES string of the molecule is CC(CCCN1CCC(c2ccccc2)CC1)C1(c2ccccc2)C(=O)NCc2ccccc21. The summed E-state index contributed by atoms with van der Waals surface area (Å²) in [5, 5.41) is 3.22. The molecule has 0 aromatic heterocycles. The van der Waals surface area contributed by atoms with Crippen LogP contribution in [0.2, 0.25) is 0 Å². The Morgan fingerprint density at radius 3 is 2.29 bits per heavy atom. The normalized spacial score (nSPS) is 22.1. The number of amides is 1. The van der Waals surface area contributed by atoms with E-state index in [1.807, 2.05) is 6.07 Å². The standard InChI is InChI=1S/C31H36N2O/c1-24(11-10-20-33-21-18-26(19-22-33)25-12-4-2-5-13-25)31(28-15-6-3-7-16-28)29-17-9-8-14-27(29)23-32-30(31)34/h2-9,12-17,24,26H,10-11,18-23H2,1H3,(H,32,34). The van der Waals surface area contributed by atoms with E-state index in [9.17, 15) is 4.79 Å². The molecule has 0 radical (unpaired) electrons. The fraction of sp³-hybridized carbons (Fsp3) is 0.387. The molecule has 0 aliphatic carbocycles. The van der Waals surface area contributed by atoms with Gasteiger partial charge in [0.15, 0.2) is 0 Å². The van der Waals surface area contributed by atoms with Crippen molar-refractivity contribution in [3.05, 3.63) is 107 Å². The van der Waals surface area contributed by atoms with Gasteiger partial charge in [-0.05, 0) is 79.4 Å². The largest absolute Gasteiger partial charge is 0.351 e. The van der Waals surface area contributed by atoms with Crippen molar-refractivity contribution in [3.63, 3.8) is 0 Å². The van der Waals surface area contributed by atoms with Crippen LogP contribution in [0.4, 0.5) is 0 Å². The lowest BCUT2D eigenvalue weighted by Crippen LogP contribution is -2.53. The zero-order chi connectivity index (χ0) is 23.4. The van der Waals surface area contributed by atoms with E-state index >= 15 is 0 Å². The lowest BCUT2D eigenvalue weighted by molar-refractivity contribution is -0.128. The minimum Gasteiger partial charge on any atom is -0.351 e.